The fourth-order valence-corrected chi connectivity index (χ4v) is 2.06. The highest BCUT2D eigenvalue weighted by atomic mass is 32.1. The first-order chi connectivity index (χ1) is 7.63. The van der Waals surface area contributed by atoms with Crippen LogP contribution in [-0.2, 0) is 0 Å². The zero-order valence-electron chi connectivity index (χ0n) is 9.04. The van der Waals surface area contributed by atoms with E-state index in [9.17, 15) is 4.79 Å². The van der Waals surface area contributed by atoms with E-state index in [4.69, 9.17) is 5.11 Å². The van der Waals surface area contributed by atoms with Crippen molar-refractivity contribution in [2.75, 3.05) is 6.61 Å². The predicted octanol–water partition coefficient (Wildman–Crippen LogP) is 1.37. The lowest BCUT2D eigenvalue weighted by Crippen LogP contribution is -2.33. The summed E-state index contributed by atoms with van der Waals surface area (Å²) in [6, 6.07) is 1.76. The molecular formula is C12H13NO2S. The Hall–Kier alpha value is -1.31. The number of amides is 1. The van der Waals surface area contributed by atoms with Crippen molar-refractivity contribution in [3.8, 4) is 11.8 Å². The summed E-state index contributed by atoms with van der Waals surface area (Å²) in [7, 11) is 0. The van der Waals surface area contributed by atoms with E-state index in [-0.39, 0.29) is 18.1 Å². The minimum absolute atomic E-state index is 0.00988. The van der Waals surface area contributed by atoms with Gasteiger partial charge in [-0.25, -0.2) is 0 Å². The number of thiophene rings is 1. The van der Waals surface area contributed by atoms with Crippen LogP contribution in [0.2, 0.25) is 0 Å². The molecule has 1 aromatic rings. The van der Waals surface area contributed by atoms with Crippen molar-refractivity contribution >= 4 is 17.2 Å². The Morgan fingerprint density at radius 3 is 3.06 bits per heavy atom. The maximum Gasteiger partial charge on any atom is 0.252 e. The number of aliphatic hydroxyl groups excluding tert-OH is 1. The summed E-state index contributed by atoms with van der Waals surface area (Å²) in [5.41, 5.74) is 0.663. The fraction of sp³-hybridized carbons (Fsp3) is 0.417. The summed E-state index contributed by atoms with van der Waals surface area (Å²) < 4.78 is 0. The molecule has 1 fully saturated rings. The maximum atomic E-state index is 11.8. The maximum absolute atomic E-state index is 11.8. The molecule has 3 nitrogen and oxygen atoms in total. The monoisotopic (exact) mass is 235 g/mol. The number of rotatable bonds is 2. The fourth-order valence-electron chi connectivity index (χ4n) is 1.31. The quantitative estimate of drug-likeness (QED) is 0.761. The lowest BCUT2D eigenvalue weighted by atomic mass is 10.2. The minimum Gasteiger partial charge on any atom is -0.384 e. The van der Waals surface area contributed by atoms with Crippen molar-refractivity contribution in [2.24, 2.45) is 0 Å². The molecule has 0 aromatic carbocycles. The van der Waals surface area contributed by atoms with Gasteiger partial charge in [-0.15, -0.1) is 11.3 Å². The van der Waals surface area contributed by atoms with Crippen LogP contribution in [0.1, 0.15) is 35.0 Å². The summed E-state index contributed by atoms with van der Waals surface area (Å²) in [5, 5.41) is 13.3. The van der Waals surface area contributed by atoms with Gasteiger partial charge in [0, 0.05) is 10.9 Å². The number of nitrogens with one attached hydrogen (secondary N) is 1. The Kier molecular flexibility index (Phi) is 2.99. The van der Waals surface area contributed by atoms with Crippen LogP contribution < -0.4 is 5.32 Å². The van der Waals surface area contributed by atoms with Crippen LogP contribution in [0.25, 0.3) is 0 Å². The van der Waals surface area contributed by atoms with Gasteiger partial charge in [0.2, 0.25) is 0 Å². The van der Waals surface area contributed by atoms with E-state index < -0.39 is 0 Å². The molecule has 0 spiro atoms. The van der Waals surface area contributed by atoms with Gasteiger partial charge in [-0.1, -0.05) is 11.8 Å². The van der Waals surface area contributed by atoms with E-state index in [1.807, 2.05) is 6.92 Å². The van der Waals surface area contributed by atoms with E-state index in [2.05, 4.69) is 17.2 Å². The minimum atomic E-state index is -0.155. The highest BCUT2D eigenvalue weighted by molar-refractivity contribution is 7.10. The van der Waals surface area contributed by atoms with Gasteiger partial charge in [0.05, 0.1) is 10.4 Å². The number of aliphatic hydroxyl groups is 1. The van der Waals surface area contributed by atoms with Crippen molar-refractivity contribution in [2.45, 2.75) is 25.3 Å². The summed E-state index contributed by atoms with van der Waals surface area (Å²) in [6.07, 6.45) is 2.11. The molecule has 0 aliphatic heterocycles. The van der Waals surface area contributed by atoms with Gasteiger partial charge in [0.1, 0.15) is 6.61 Å². The summed E-state index contributed by atoms with van der Waals surface area (Å²) in [6.45, 7) is 1.89. The lowest BCUT2D eigenvalue weighted by molar-refractivity contribution is 0.0936. The Bertz CT molecular complexity index is 463. The van der Waals surface area contributed by atoms with Crippen molar-refractivity contribution < 1.29 is 9.90 Å². The van der Waals surface area contributed by atoms with Gasteiger partial charge >= 0.3 is 0 Å². The van der Waals surface area contributed by atoms with Crippen molar-refractivity contribution in [3.63, 3.8) is 0 Å². The molecule has 1 amide bonds. The molecule has 1 aliphatic rings. The first kappa shape index (κ1) is 11.2. The van der Waals surface area contributed by atoms with Crippen molar-refractivity contribution in [1.29, 1.82) is 0 Å². The lowest BCUT2D eigenvalue weighted by Gasteiger charge is -2.09. The van der Waals surface area contributed by atoms with E-state index in [0.717, 1.165) is 17.7 Å². The van der Waals surface area contributed by atoms with E-state index in [1.165, 1.54) is 11.3 Å². The third-order valence-corrected chi connectivity index (χ3v) is 3.41. The highest BCUT2D eigenvalue weighted by Crippen LogP contribution is 2.34. The molecule has 0 saturated heterocycles. The van der Waals surface area contributed by atoms with Crippen LogP contribution >= 0.6 is 11.3 Å². The molecule has 1 saturated carbocycles. The number of hydrogen-bond donors (Lipinski definition) is 2. The Labute approximate surface area is 98.5 Å². The van der Waals surface area contributed by atoms with Crippen LogP contribution in [0.15, 0.2) is 11.4 Å². The molecule has 0 bridgehead atoms. The molecule has 2 rings (SSSR count). The normalized spacial score (nSPS) is 16.1. The summed E-state index contributed by atoms with van der Waals surface area (Å²) >= 11 is 1.42. The molecule has 2 N–H and O–H groups in total. The van der Waals surface area contributed by atoms with Crippen molar-refractivity contribution in [3.05, 3.63) is 21.9 Å². The third-order valence-electron chi connectivity index (χ3n) is 2.57. The molecule has 1 heterocycles. The van der Waals surface area contributed by atoms with Crippen LogP contribution in [0.5, 0.6) is 0 Å². The molecule has 4 heteroatoms. The SMILES string of the molecule is CC1(NC(=O)c2csc(C#CCO)c2)CC1. The highest BCUT2D eigenvalue weighted by Gasteiger charge is 2.38. The van der Waals surface area contributed by atoms with E-state index in [0.29, 0.717) is 5.56 Å². The largest absolute Gasteiger partial charge is 0.384 e. The second-order valence-electron chi connectivity index (χ2n) is 4.17. The van der Waals surface area contributed by atoms with Crippen molar-refractivity contribution in [1.82, 2.24) is 5.32 Å². The second-order valence-corrected chi connectivity index (χ2v) is 5.09. The topological polar surface area (TPSA) is 49.3 Å². The number of hydrogen-bond acceptors (Lipinski definition) is 3. The van der Waals surface area contributed by atoms with Gasteiger partial charge in [-0.3, -0.25) is 4.79 Å². The summed E-state index contributed by atoms with van der Waals surface area (Å²) in [4.78, 5) is 12.6. The molecular weight excluding hydrogens is 222 g/mol. The molecule has 0 atom stereocenters. The molecule has 0 radical (unpaired) electrons. The molecule has 1 aliphatic carbocycles. The Morgan fingerprint density at radius 1 is 1.69 bits per heavy atom. The average Bonchev–Trinajstić information content (AvgIpc) is 2.82. The van der Waals surface area contributed by atoms with Gasteiger partial charge in [-0.2, -0.15) is 0 Å². The smallest absolute Gasteiger partial charge is 0.252 e. The van der Waals surface area contributed by atoms with Gasteiger partial charge in [0.15, 0.2) is 0 Å². The zero-order chi connectivity index (χ0) is 11.6. The third kappa shape index (κ3) is 2.63. The van der Waals surface area contributed by atoms with E-state index >= 15 is 0 Å². The Balaban J connectivity index is 2.03. The van der Waals surface area contributed by atoms with E-state index in [1.54, 1.807) is 11.4 Å². The zero-order valence-corrected chi connectivity index (χ0v) is 9.86. The predicted molar refractivity (Wildman–Crippen MR) is 63.4 cm³/mol. The first-order valence-corrected chi connectivity index (χ1v) is 6.02. The van der Waals surface area contributed by atoms with Crippen LogP contribution in [0, 0.1) is 11.8 Å². The number of carbonyl (C=O) groups is 1. The Morgan fingerprint density at radius 2 is 2.44 bits per heavy atom. The molecule has 84 valence electrons. The molecule has 1 aromatic heterocycles. The average molecular weight is 235 g/mol. The molecule has 16 heavy (non-hydrogen) atoms. The second kappa shape index (κ2) is 4.28. The standard InChI is InChI=1S/C12H13NO2S/c1-12(4-5-12)13-11(15)9-7-10(16-8-9)3-2-6-14/h7-8,14H,4-6H2,1H3,(H,13,15). The van der Waals surface area contributed by atoms with Gasteiger partial charge < -0.3 is 10.4 Å². The summed E-state index contributed by atoms with van der Waals surface area (Å²) in [5.74, 6) is 5.31. The van der Waals surface area contributed by atoms with Crippen LogP contribution in [-0.4, -0.2) is 23.2 Å². The van der Waals surface area contributed by atoms with Crippen LogP contribution in [0.4, 0.5) is 0 Å². The molecule has 0 unspecified atom stereocenters. The van der Waals surface area contributed by atoms with Crippen LogP contribution in [0.3, 0.4) is 0 Å². The van der Waals surface area contributed by atoms with Gasteiger partial charge in [-0.05, 0) is 25.8 Å². The first-order valence-electron chi connectivity index (χ1n) is 5.14. The number of carbonyl (C=O) groups excluding carboxylic acids is 1. The van der Waals surface area contributed by atoms with Gasteiger partial charge in [0.25, 0.3) is 5.91 Å².